The zero-order valence-electron chi connectivity index (χ0n) is 23.4. The van der Waals surface area contributed by atoms with Crippen molar-refractivity contribution >= 4 is 17.6 Å². The molecule has 0 aromatic heterocycles. The lowest BCUT2D eigenvalue weighted by atomic mass is 9.81. The molecule has 3 rings (SSSR count). The molecule has 4 N–H and O–H groups in total. The van der Waals surface area contributed by atoms with Crippen LogP contribution in [0.25, 0.3) is 0 Å². The lowest BCUT2D eigenvalue weighted by molar-refractivity contribution is -0.135. The molecule has 2 aliphatic rings. The number of Topliss-reactive ketones (excluding diaryl/α,β-unsaturated/α-hetero) is 1. The smallest absolute Gasteiger partial charge is 0.245 e. The summed E-state index contributed by atoms with van der Waals surface area (Å²) in [7, 11) is 6.02. The first-order chi connectivity index (χ1) is 18.6. The molecule has 1 aliphatic heterocycles. The molecule has 1 fully saturated rings. The van der Waals surface area contributed by atoms with Crippen LogP contribution in [0.1, 0.15) is 37.8 Å². The summed E-state index contributed by atoms with van der Waals surface area (Å²) in [4.78, 5) is 39.3. The molecule has 0 bridgehead atoms. The molecule has 12 nitrogen and oxygen atoms in total. The van der Waals surface area contributed by atoms with Crippen molar-refractivity contribution < 1.29 is 48.3 Å². The maximum absolute atomic E-state index is 13.3. The van der Waals surface area contributed by atoms with Crippen molar-refractivity contribution in [1.29, 1.82) is 0 Å². The highest BCUT2D eigenvalue weighted by atomic mass is 16.6. The highest BCUT2D eigenvalue weighted by molar-refractivity contribution is 5.98. The summed E-state index contributed by atoms with van der Waals surface area (Å²) in [6, 6.07) is -2.20. The van der Waals surface area contributed by atoms with E-state index in [2.05, 4.69) is 10.6 Å². The van der Waals surface area contributed by atoms with Crippen molar-refractivity contribution in [1.82, 2.24) is 10.6 Å². The Hall–Kier alpha value is -3.09. The fourth-order valence-corrected chi connectivity index (χ4v) is 5.10. The molecule has 0 spiro atoms. The van der Waals surface area contributed by atoms with E-state index in [4.69, 9.17) is 23.7 Å². The van der Waals surface area contributed by atoms with Crippen LogP contribution in [-0.2, 0) is 32.0 Å². The van der Waals surface area contributed by atoms with Crippen LogP contribution in [0.5, 0.6) is 23.0 Å². The van der Waals surface area contributed by atoms with Crippen LogP contribution < -0.4 is 29.6 Å². The number of nitrogens with one attached hydrogen (secondary N) is 2. The number of hydrogen-bond acceptors (Lipinski definition) is 10. The molecule has 0 unspecified atom stereocenters. The number of carbonyl (C=O) groups excluding carboxylic acids is 3. The van der Waals surface area contributed by atoms with Gasteiger partial charge in [0.2, 0.25) is 23.3 Å². The summed E-state index contributed by atoms with van der Waals surface area (Å²) < 4.78 is 27.4. The van der Waals surface area contributed by atoms with Crippen molar-refractivity contribution in [2.45, 2.75) is 57.2 Å². The van der Waals surface area contributed by atoms with E-state index < -0.39 is 54.4 Å². The van der Waals surface area contributed by atoms with Crippen molar-refractivity contribution in [2.75, 3.05) is 48.3 Å². The summed E-state index contributed by atoms with van der Waals surface area (Å²) in [6.07, 6.45) is 1.54. The van der Waals surface area contributed by atoms with Gasteiger partial charge in [-0.2, -0.15) is 0 Å². The fraction of sp³-hybridized carbons (Fsp3) is 0.667. The Kier molecular flexibility index (Phi) is 10.0. The lowest BCUT2D eigenvalue weighted by Gasteiger charge is -2.30. The molecule has 0 saturated carbocycles. The van der Waals surface area contributed by atoms with Gasteiger partial charge in [0, 0.05) is 17.0 Å². The van der Waals surface area contributed by atoms with E-state index in [0.717, 1.165) is 11.1 Å². The maximum Gasteiger partial charge on any atom is 0.245 e. The van der Waals surface area contributed by atoms with Crippen LogP contribution in [0.15, 0.2) is 0 Å². The van der Waals surface area contributed by atoms with E-state index >= 15 is 0 Å². The number of benzene rings is 1. The van der Waals surface area contributed by atoms with Gasteiger partial charge in [-0.15, -0.1) is 0 Å². The van der Waals surface area contributed by atoms with E-state index in [1.165, 1.54) is 28.4 Å². The summed E-state index contributed by atoms with van der Waals surface area (Å²) in [6.45, 7) is 2.73. The number of epoxide rings is 1. The highest BCUT2D eigenvalue weighted by Crippen LogP contribution is 2.52. The number of hydrogen-bond donors (Lipinski definition) is 4. The molecule has 1 aromatic carbocycles. The monoisotopic (exact) mass is 552 g/mol. The number of rotatable bonds is 14. The molecule has 218 valence electrons. The second-order valence-corrected chi connectivity index (χ2v) is 10.3. The van der Waals surface area contributed by atoms with Crippen LogP contribution in [0, 0.1) is 11.8 Å². The summed E-state index contributed by atoms with van der Waals surface area (Å²) in [5.41, 5.74) is 0.289. The molecule has 39 heavy (non-hydrogen) atoms. The summed E-state index contributed by atoms with van der Waals surface area (Å²) in [5.74, 6) is -0.305. The van der Waals surface area contributed by atoms with E-state index in [0.29, 0.717) is 42.3 Å². The normalized spacial score (nSPS) is 21.3. The third-order valence-electron chi connectivity index (χ3n) is 7.26. The first-order valence-electron chi connectivity index (χ1n) is 13.0. The highest BCUT2D eigenvalue weighted by Gasteiger charge is 2.54. The number of amides is 2. The second-order valence-electron chi connectivity index (χ2n) is 10.3. The van der Waals surface area contributed by atoms with Gasteiger partial charge in [0.15, 0.2) is 22.9 Å². The lowest BCUT2D eigenvalue weighted by Crippen LogP contribution is -2.56. The predicted molar refractivity (Wildman–Crippen MR) is 139 cm³/mol. The number of ketones is 1. The Balaban J connectivity index is 1.77. The SMILES string of the molecule is COc1c2c(c(OC)c(OC)c1OC)C[C@@H](C(=O)N[C@@H](CO)C(=O)N[C@@H](CC(C)C)C(=O)[C@@]1(CO)CO1)CC2. The van der Waals surface area contributed by atoms with Crippen LogP contribution in [-0.4, -0.2) is 93.8 Å². The van der Waals surface area contributed by atoms with Gasteiger partial charge < -0.3 is 44.5 Å². The van der Waals surface area contributed by atoms with Crippen LogP contribution >= 0.6 is 0 Å². The van der Waals surface area contributed by atoms with Gasteiger partial charge in [-0.3, -0.25) is 14.4 Å². The number of fused-ring (bicyclic) bond motifs is 1. The topological polar surface area (TPSA) is 165 Å². The molecule has 2 amide bonds. The van der Waals surface area contributed by atoms with Crippen molar-refractivity contribution in [3.05, 3.63) is 11.1 Å². The van der Waals surface area contributed by atoms with E-state index in [-0.39, 0.29) is 18.9 Å². The average Bonchev–Trinajstić information content (AvgIpc) is 3.74. The fourth-order valence-electron chi connectivity index (χ4n) is 5.10. The molecule has 12 heteroatoms. The largest absolute Gasteiger partial charge is 0.492 e. The molecule has 1 aromatic rings. The van der Waals surface area contributed by atoms with Gasteiger partial charge in [-0.05, 0) is 31.6 Å². The number of aliphatic hydroxyl groups excluding tert-OH is 2. The first-order valence-corrected chi connectivity index (χ1v) is 13.0. The van der Waals surface area contributed by atoms with Crippen LogP contribution in [0.2, 0.25) is 0 Å². The van der Waals surface area contributed by atoms with Gasteiger partial charge in [0.05, 0.1) is 54.3 Å². The first kappa shape index (κ1) is 30.5. The van der Waals surface area contributed by atoms with Gasteiger partial charge in [-0.25, -0.2) is 0 Å². The molecule has 1 saturated heterocycles. The third kappa shape index (κ3) is 6.23. The molecular formula is C27H40N2O10. The van der Waals surface area contributed by atoms with Gasteiger partial charge >= 0.3 is 0 Å². The molecular weight excluding hydrogens is 512 g/mol. The van der Waals surface area contributed by atoms with Gasteiger partial charge in [0.25, 0.3) is 0 Å². The quantitative estimate of drug-likeness (QED) is 0.234. The van der Waals surface area contributed by atoms with Crippen LogP contribution in [0.4, 0.5) is 0 Å². The summed E-state index contributed by atoms with van der Waals surface area (Å²) in [5, 5.41) is 24.8. The maximum atomic E-state index is 13.3. The Morgan fingerprint density at radius 3 is 1.95 bits per heavy atom. The van der Waals surface area contributed by atoms with Crippen molar-refractivity contribution in [2.24, 2.45) is 11.8 Å². The molecule has 4 atom stereocenters. The number of ether oxygens (including phenoxy) is 5. The zero-order chi connectivity index (χ0) is 28.9. The third-order valence-corrected chi connectivity index (χ3v) is 7.26. The standard InChI is InChI=1S/C27H40N2O10/c1-14(2)9-18(24(32)27(12-31)13-39-27)28-26(34)19(11-30)29-25(33)15-7-8-16-17(10-15)21(36-4)23(38-6)22(37-5)20(16)35-3/h14-15,18-19,30-31H,7-13H2,1-6H3,(H,28,34)(H,29,33)/t15-,18-,19-,27+/m0/s1. The number of aliphatic hydroxyl groups is 2. The van der Waals surface area contributed by atoms with E-state index in [1.807, 2.05) is 13.8 Å². The minimum atomic E-state index is -1.30. The average molecular weight is 553 g/mol. The molecule has 1 aliphatic carbocycles. The summed E-state index contributed by atoms with van der Waals surface area (Å²) >= 11 is 0. The zero-order valence-corrected chi connectivity index (χ0v) is 23.4. The number of carbonyl (C=O) groups is 3. The Bertz CT molecular complexity index is 1040. The second kappa shape index (κ2) is 12.8. The Labute approximate surface area is 228 Å². The van der Waals surface area contributed by atoms with Crippen molar-refractivity contribution in [3.8, 4) is 23.0 Å². The minimum absolute atomic E-state index is 0.0563. The van der Waals surface area contributed by atoms with Crippen molar-refractivity contribution in [3.63, 3.8) is 0 Å². The molecule has 1 heterocycles. The van der Waals surface area contributed by atoms with Gasteiger partial charge in [0.1, 0.15) is 6.04 Å². The predicted octanol–water partition coefficient (Wildman–Crippen LogP) is 0.164. The number of methoxy groups -OCH3 is 4. The Morgan fingerprint density at radius 1 is 0.923 bits per heavy atom. The van der Waals surface area contributed by atoms with Gasteiger partial charge in [-0.1, -0.05) is 13.8 Å². The minimum Gasteiger partial charge on any atom is -0.492 e. The molecule has 0 radical (unpaired) electrons. The van der Waals surface area contributed by atoms with E-state index in [1.54, 1.807) is 0 Å². The van der Waals surface area contributed by atoms with E-state index in [9.17, 15) is 24.6 Å². The Morgan fingerprint density at radius 2 is 1.49 bits per heavy atom. The van der Waals surface area contributed by atoms with Crippen LogP contribution in [0.3, 0.4) is 0 Å².